The van der Waals surface area contributed by atoms with Gasteiger partial charge in [0.25, 0.3) is 5.91 Å². The Labute approximate surface area is 158 Å². The molecule has 1 heterocycles. The quantitative estimate of drug-likeness (QED) is 0.801. The van der Waals surface area contributed by atoms with Gasteiger partial charge >= 0.3 is 6.03 Å². The van der Waals surface area contributed by atoms with E-state index in [-0.39, 0.29) is 24.3 Å². The van der Waals surface area contributed by atoms with Gasteiger partial charge in [-0.15, -0.1) is 0 Å². The molecule has 4 amide bonds. The minimum Gasteiger partial charge on any atom is -0.354 e. The molecule has 1 fully saturated rings. The highest BCUT2D eigenvalue weighted by atomic mass is 16.2. The van der Waals surface area contributed by atoms with Gasteiger partial charge in [0.1, 0.15) is 12.6 Å². The Morgan fingerprint density at radius 3 is 2.26 bits per heavy atom. The van der Waals surface area contributed by atoms with Gasteiger partial charge in [0.05, 0.1) is 0 Å². The van der Waals surface area contributed by atoms with Crippen molar-refractivity contribution in [2.45, 2.75) is 25.8 Å². The third-order valence-corrected chi connectivity index (χ3v) is 4.76. The Morgan fingerprint density at radius 2 is 1.63 bits per heavy atom. The van der Waals surface area contributed by atoms with Crippen molar-refractivity contribution < 1.29 is 14.4 Å². The topological polar surface area (TPSA) is 69.7 Å². The molecule has 0 saturated carbocycles. The van der Waals surface area contributed by atoms with Crippen LogP contribution in [0.4, 0.5) is 10.5 Å². The number of rotatable bonds is 6. The van der Waals surface area contributed by atoms with Crippen LogP contribution in [0.1, 0.15) is 25.3 Å². The second-order valence-electron chi connectivity index (χ2n) is 6.70. The first-order valence-corrected chi connectivity index (χ1v) is 9.00. The molecule has 2 aromatic carbocycles. The smallest absolute Gasteiger partial charge is 0.332 e. The van der Waals surface area contributed by atoms with Gasteiger partial charge in [0, 0.05) is 12.2 Å². The predicted molar refractivity (Wildman–Crippen MR) is 103 cm³/mol. The molecule has 1 saturated heterocycles. The molecule has 0 spiro atoms. The molecule has 6 nitrogen and oxygen atoms in total. The van der Waals surface area contributed by atoms with Crippen molar-refractivity contribution in [3.8, 4) is 0 Å². The van der Waals surface area contributed by atoms with Crippen LogP contribution in [-0.2, 0) is 9.59 Å². The fraction of sp³-hybridized carbons (Fsp3) is 0.286. The van der Waals surface area contributed by atoms with Crippen LogP contribution in [0.3, 0.4) is 0 Å². The number of anilines is 1. The van der Waals surface area contributed by atoms with Crippen LogP contribution < -0.4 is 10.2 Å². The third kappa shape index (κ3) is 4.00. The number of benzene rings is 2. The number of carbonyl (C=O) groups is 3. The van der Waals surface area contributed by atoms with E-state index < -0.39 is 12.1 Å². The highest BCUT2D eigenvalue weighted by Crippen LogP contribution is 2.25. The average Bonchev–Trinajstić information content (AvgIpc) is 2.90. The lowest BCUT2D eigenvalue weighted by Gasteiger charge is -2.19. The fourth-order valence-corrected chi connectivity index (χ4v) is 3.16. The van der Waals surface area contributed by atoms with E-state index in [0.717, 1.165) is 10.5 Å². The van der Waals surface area contributed by atoms with Gasteiger partial charge in [-0.1, -0.05) is 55.5 Å². The van der Waals surface area contributed by atoms with Gasteiger partial charge in [-0.05, 0) is 30.5 Å². The van der Waals surface area contributed by atoms with E-state index in [4.69, 9.17) is 0 Å². The summed E-state index contributed by atoms with van der Waals surface area (Å²) in [5.74, 6) is -0.573. The molecule has 6 heteroatoms. The molecule has 2 aromatic rings. The zero-order valence-corrected chi connectivity index (χ0v) is 15.5. The first-order chi connectivity index (χ1) is 13.0. The number of nitrogens with zero attached hydrogens (tertiary/aromatic N) is 2. The van der Waals surface area contributed by atoms with Gasteiger partial charge in [-0.25, -0.2) is 4.79 Å². The highest BCUT2D eigenvalue weighted by molar-refractivity contribution is 6.15. The molecular formula is C21H23N3O3. The molecule has 2 atom stereocenters. The summed E-state index contributed by atoms with van der Waals surface area (Å²) in [5.41, 5.74) is 1.76. The number of hydrogen-bond donors (Lipinski definition) is 1. The summed E-state index contributed by atoms with van der Waals surface area (Å²) in [6.45, 7) is 3.85. The number of para-hydroxylation sites is 1. The Kier molecular flexibility index (Phi) is 5.54. The van der Waals surface area contributed by atoms with E-state index >= 15 is 0 Å². The summed E-state index contributed by atoms with van der Waals surface area (Å²) < 4.78 is 0. The molecule has 3 rings (SSSR count). The second kappa shape index (κ2) is 8.03. The number of nitrogens with one attached hydrogen (secondary N) is 1. The zero-order valence-electron chi connectivity index (χ0n) is 15.5. The lowest BCUT2D eigenvalue weighted by molar-refractivity contribution is -0.131. The van der Waals surface area contributed by atoms with Gasteiger partial charge < -0.3 is 5.32 Å². The summed E-state index contributed by atoms with van der Waals surface area (Å²) >= 11 is 0. The monoisotopic (exact) mass is 365 g/mol. The lowest BCUT2D eigenvalue weighted by atomic mass is 10.0. The summed E-state index contributed by atoms with van der Waals surface area (Å²) in [6.07, 6.45) is 0. The molecule has 0 bridgehead atoms. The van der Waals surface area contributed by atoms with E-state index in [9.17, 15) is 14.4 Å². The van der Waals surface area contributed by atoms with Gasteiger partial charge in [-0.3, -0.25) is 19.4 Å². The van der Waals surface area contributed by atoms with Crippen LogP contribution in [0.2, 0.25) is 0 Å². The van der Waals surface area contributed by atoms with Crippen LogP contribution in [-0.4, -0.2) is 41.9 Å². The molecule has 0 radical (unpaired) electrons. The van der Waals surface area contributed by atoms with Crippen molar-refractivity contribution >= 4 is 23.5 Å². The van der Waals surface area contributed by atoms with Crippen LogP contribution in [0.15, 0.2) is 60.7 Å². The Bertz CT molecular complexity index is 823. The van der Waals surface area contributed by atoms with Crippen molar-refractivity contribution in [3.05, 3.63) is 66.2 Å². The lowest BCUT2D eigenvalue weighted by Crippen LogP contribution is -2.42. The molecule has 1 aliphatic heterocycles. The van der Waals surface area contributed by atoms with Crippen LogP contribution in [0, 0.1) is 0 Å². The van der Waals surface area contributed by atoms with Gasteiger partial charge in [0.2, 0.25) is 5.91 Å². The average molecular weight is 365 g/mol. The van der Waals surface area contributed by atoms with E-state index in [0.29, 0.717) is 12.2 Å². The van der Waals surface area contributed by atoms with Crippen LogP contribution in [0.25, 0.3) is 0 Å². The summed E-state index contributed by atoms with van der Waals surface area (Å²) in [4.78, 5) is 39.9. The summed E-state index contributed by atoms with van der Waals surface area (Å²) in [5, 5.41) is 2.81. The number of urea groups is 1. The Morgan fingerprint density at radius 1 is 1.04 bits per heavy atom. The van der Waals surface area contributed by atoms with Crippen molar-refractivity contribution in [3.63, 3.8) is 0 Å². The number of amides is 4. The maximum atomic E-state index is 12.7. The highest BCUT2D eigenvalue weighted by Gasteiger charge is 2.43. The van der Waals surface area contributed by atoms with Crippen molar-refractivity contribution in [2.75, 3.05) is 18.0 Å². The maximum absolute atomic E-state index is 12.7. The maximum Gasteiger partial charge on any atom is 0.332 e. The molecule has 0 aromatic heterocycles. The van der Waals surface area contributed by atoms with E-state index in [1.807, 2.05) is 43.3 Å². The van der Waals surface area contributed by atoms with Crippen molar-refractivity contribution in [1.82, 2.24) is 10.2 Å². The number of hydrogen-bond acceptors (Lipinski definition) is 3. The van der Waals surface area contributed by atoms with Gasteiger partial charge in [0.15, 0.2) is 0 Å². The van der Waals surface area contributed by atoms with Crippen molar-refractivity contribution in [2.24, 2.45) is 0 Å². The second-order valence-corrected chi connectivity index (χ2v) is 6.70. The predicted octanol–water partition coefficient (Wildman–Crippen LogP) is 2.76. The minimum atomic E-state index is -0.629. The normalized spacial score (nSPS) is 17.9. The summed E-state index contributed by atoms with van der Waals surface area (Å²) in [6, 6.07) is 17.8. The SMILES string of the molecule is C[C@@H]1C(=O)N(CC(=O)NC[C@H](C)c2ccccc2)C(=O)N1c1ccccc1. The number of carbonyl (C=O) groups excluding carboxylic acids is 3. The van der Waals surface area contributed by atoms with Crippen molar-refractivity contribution in [1.29, 1.82) is 0 Å². The molecule has 27 heavy (non-hydrogen) atoms. The third-order valence-electron chi connectivity index (χ3n) is 4.76. The molecular weight excluding hydrogens is 342 g/mol. The molecule has 140 valence electrons. The van der Waals surface area contributed by atoms with Gasteiger partial charge in [-0.2, -0.15) is 0 Å². The zero-order chi connectivity index (χ0) is 19.4. The number of imide groups is 1. The standard InChI is InChI=1S/C21H23N3O3/c1-15(17-9-5-3-6-10-17)13-22-19(25)14-23-20(26)16(2)24(21(23)27)18-11-7-4-8-12-18/h3-12,15-16H,13-14H2,1-2H3,(H,22,25)/t15-,16+/m0/s1. The first-order valence-electron chi connectivity index (χ1n) is 9.00. The molecule has 0 aliphatic carbocycles. The molecule has 1 aliphatic rings. The molecule has 1 N–H and O–H groups in total. The summed E-state index contributed by atoms with van der Waals surface area (Å²) in [7, 11) is 0. The largest absolute Gasteiger partial charge is 0.354 e. The van der Waals surface area contributed by atoms with E-state index in [1.165, 1.54) is 4.90 Å². The Balaban J connectivity index is 1.60. The fourth-order valence-electron chi connectivity index (χ4n) is 3.16. The van der Waals surface area contributed by atoms with Crippen LogP contribution >= 0.6 is 0 Å². The van der Waals surface area contributed by atoms with E-state index in [1.54, 1.807) is 31.2 Å². The molecule has 0 unspecified atom stereocenters. The first kappa shape index (κ1) is 18.6. The Hall–Kier alpha value is -3.15. The minimum absolute atomic E-state index is 0.139. The van der Waals surface area contributed by atoms with E-state index in [2.05, 4.69) is 5.32 Å². The van der Waals surface area contributed by atoms with Crippen LogP contribution in [0.5, 0.6) is 0 Å².